The summed E-state index contributed by atoms with van der Waals surface area (Å²) in [5, 5.41) is 8.71. The molecule has 0 heterocycles. The van der Waals surface area contributed by atoms with Crippen LogP contribution in [0.5, 0.6) is 0 Å². The Morgan fingerprint density at radius 2 is 2.12 bits per heavy atom. The third-order valence-corrected chi connectivity index (χ3v) is 2.50. The summed E-state index contributed by atoms with van der Waals surface area (Å²) in [5.74, 6) is -0.950. The van der Waals surface area contributed by atoms with Crippen molar-refractivity contribution in [3.05, 3.63) is 35.4 Å². The number of carboxylic acids is 1. The number of hydrogen-bond donors (Lipinski definition) is 2. The van der Waals surface area contributed by atoms with Crippen LogP contribution < -0.4 is 5.73 Å². The first-order valence-electron chi connectivity index (χ1n) is 5.65. The second-order valence-corrected chi connectivity index (χ2v) is 4.02. The van der Waals surface area contributed by atoms with Crippen LogP contribution in [-0.2, 0) is 11.2 Å². The van der Waals surface area contributed by atoms with E-state index in [1.807, 2.05) is 6.92 Å². The summed E-state index contributed by atoms with van der Waals surface area (Å²) in [4.78, 5) is 22.3. The monoisotopic (exact) mass is 235 g/mol. The Morgan fingerprint density at radius 1 is 1.41 bits per heavy atom. The highest BCUT2D eigenvalue weighted by Gasteiger charge is 2.13. The van der Waals surface area contributed by atoms with E-state index in [-0.39, 0.29) is 12.2 Å². The van der Waals surface area contributed by atoms with Gasteiger partial charge in [0.1, 0.15) is 6.04 Å². The zero-order chi connectivity index (χ0) is 12.8. The van der Waals surface area contributed by atoms with Crippen LogP contribution in [-0.4, -0.2) is 22.9 Å². The summed E-state index contributed by atoms with van der Waals surface area (Å²) >= 11 is 0. The first kappa shape index (κ1) is 13.4. The number of aliphatic carboxylic acids is 1. The zero-order valence-corrected chi connectivity index (χ0v) is 9.85. The quantitative estimate of drug-likeness (QED) is 0.734. The van der Waals surface area contributed by atoms with Crippen LogP contribution in [0.4, 0.5) is 0 Å². The molecule has 0 aromatic heterocycles. The Hall–Kier alpha value is -1.68. The van der Waals surface area contributed by atoms with Gasteiger partial charge in [0.25, 0.3) is 0 Å². The van der Waals surface area contributed by atoms with E-state index < -0.39 is 12.0 Å². The minimum atomic E-state index is -1.03. The van der Waals surface area contributed by atoms with Crippen molar-refractivity contribution in [3.63, 3.8) is 0 Å². The fourth-order valence-corrected chi connectivity index (χ4v) is 1.58. The average Bonchev–Trinajstić information content (AvgIpc) is 2.29. The summed E-state index contributed by atoms with van der Waals surface area (Å²) < 4.78 is 0. The molecule has 1 rings (SSSR count). The van der Waals surface area contributed by atoms with Gasteiger partial charge in [-0.15, -0.1) is 0 Å². The maximum atomic E-state index is 11.7. The van der Waals surface area contributed by atoms with Crippen LogP contribution in [0.25, 0.3) is 0 Å². The maximum absolute atomic E-state index is 11.7. The van der Waals surface area contributed by atoms with E-state index in [1.54, 1.807) is 24.3 Å². The Labute approximate surface area is 100 Å². The lowest BCUT2D eigenvalue weighted by molar-refractivity contribution is -0.138. The van der Waals surface area contributed by atoms with Crippen molar-refractivity contribution in [1.82, 2.24) is 0 Å². The summed E-state index contributed by atoms with van der Waals surface area (Å²) in [6, 6.07) is 6.08. The van der Waals surface area contributed by atoms with Gasteiger partial charge in [-0.25, -0.2) is 0 Å². The van der Waals surface area contributed by atoms with Crippen molar-refractivity contribution >= 4 is 11.8 Å². The van der Waals surface area contributed by atoms with Gasteiger partial charge in [-0.2, -0.15) is 0 Å². The Bertz CT molecular complexity index is 415. The van der Waals surface area contributed by atoms with Crippen LogP contribution >= 0.6 is 0 Å². The Kier molecular flexibility index (Phi) is 4.84. The zero-order valence-electron chi connectivity index (χ0n) is 9.85. The van der Waals surface area contributed by atoms with Gasteiger partial charge < -0.3 is 10.8 Å². The number of nitrogens with two attached hydrogens (primary N) is 1. The predicted molar refractivity (Wildman–Crippen MR) is 65.0 cm³/mol. The number of Topliss-reactive ketones (excluding diaryl/α,β-unsaturated/α-hetero) is 1. The molecule has 4 heteroatoms. The van der Waals surface area contributed by atoms with Gasteiger partial charge in [-0.1, -0.05) is 25.1 Å². The molecule has 4 nitrogen and oxygen atoms in total. The van der Waals surface area contributed by atoms with Crippen LogP contribution in [0, 0.1) is 0 Å². The van der Waals surface area contributed by atoms with E-state index in [0.717, 1.165) is 12.0 Å². The van der Waals surface area contributed by atoms with Crippen molar-refractivity contribution in [1.29, 1.82) is 0 Å². The molecule has 92 valence electrons. The first-order chi connectivity index (χ1) is 8.04. The molecule has 0 spiro atoms. The van der Waals surface area contributed by atoms with E-state index in [4.69, 9.17) is 10.8 Å². The highest BCUT2D eigenvalue weighted by molar-refractivity contribution is 5.96. The minimum Gasteiger partial charge on any atom is -0.480 e. The largest absolute Gasteiger partial charge is 0.480 e. The number of benzene rings is 1. The molecule has 0 bridgehead atoms. The second-order valence-electron chi connectivity index (χ2n) is 4.02. The predicted octanol–water partition coefficient (Wildman–Crippen LogP) is 1.62. The molecular weight excluding hydrogens is 218 g/mol. The maximum Gasteiger partial charge on any atom is 0.320 e. The normalized spacial score (nSPS) is 12.1. The van der Waals surface area contributed by atoms with Crippen molar-refractivity contribution in [2.75, 3.05) is 0 Å². The smallest absolute Gasteiger partial charge is 0.320 e. The average molecular weight is 235 g/mol. The van der Waals surface area contributed by atoms with Gasteiger partial charge in [0.05, 0.1) is 0 Å². The fraction of sp³-hybridized carbons (Fsp3) is 0.385. The lowest BCUT2D eigenvalue weighted by Crippen LogP contribution is -2.32. The highest BCUT2D eigenvalue weighted by Crippen LogP contribution is 2.10. The number of carbonyl (C=O) groups excluding carboxylic acids is 1. The summed E-state index contributed by atoms with van der Waals surface area (Å²) in [6.45, 7) is 1.95. The Balaban J connectivity index is 2.79. The molecule has 1 atom stereocenters. The molecule has 3 N–H and O–H groups in total. The number of rotatable bonds is 6. The van der Waals surface area contributed by atoms with Crippen molar-refractivity contribution in [2.45, 2.75) is 32.2 Å². The summed E-state index contributed by atoms with van der Waals surface area (Å²) in [6.07, 6.45) is 1.55. The number of carbonyl (C=O) groups is 2. The van der Waals surface area contributed by atoms with Gasteiger partial charge in [0.15, 0.2) is 5.78 Å². The van der Waals surface area contributed by atoms with Gasteiger partial charge >= 0.3 is 5.97 Å². The van der Waals surface area contributed by atoms with Crippen LogP contribution in [0.2, 0.25) is 0 Å². The lowest BCUT2D eigenvalue weighted by Gasteiger charge is -2.07. The van der Waals surface area contributed by atoms with Gasteiger partial charge in [0, 0.05) is 12.0 Å². The SMILES string of the molecule is CCCC(=O)c1cccc(C[C@H](N)C(=O)O)c1. The molecule has 0 aliphatic carbocycles. The van der Waals surface area contributed by atoms with Crippen molar-refractivity contribution < 1.29 is 14.7 Å². The molecule has 0 aliphatic rings. The van der Waals surface area contributed by atoms with Crippen LogP contribution in [0.3, 0.4) is 0 Å². The molecule has 0 radical (unpaired) electrons. The third kappa shape index (κ3) is 4.00. The number of carboxylic acid groups (broad SMARTS) is 1. The van der Waals surface area contributed by atoms with E-state index in [9.17, 15) is 9.59 Å². The van der Waals surface area contributed by atoms with Gasteiger partial charge in [0.2, 0.25) is 0 Å². The first-order valence-corrected chi connectivity index (χ1v) is 5.65. The molecule has 1 aromatic carbocycles. The molecule has 0 fully saturated rings. The standard InChI is InChI=1S/C13H17NO3/c1-2-4-12(15)10-6-3-5-9(7-10)8-11(14)13(16)17/h3,5-7,11H,2,4,8,14H2,1H3,(H,16,17)/t11-/m0/s1. The minimum absolute atomic E-state index is 0.0817. The van der Waals surface area contributed by atoms with Crippen LogP contribution in [0.1, 0.15) is 35.7 Å². The lowest BCUT2D eigenvalue weighted by atomic mass is 10.0. The molecule has 0 unspecified atom stereocenters. The molecule has 0 amide bonds. The van der Waals surface area contributed by atoms with E-state index in [2.05, 4.69) is 0 Å². The van der Waals surface area contributed by atoms with E-state index >= 15 is 0 Å². The molecule has 17 heavy (non-hydrogen) atoms. The third-order valence-electron chi connectivity index (χ3n) is 2.50. The number of hydrogen-bond acceptors (Lipinski definition) is 3. The van der Waals surface area contributed by atoms with Gasteiger partial charge in [-0.3, -0.25) is 9.59 Å². The molecule has 0 saturated carbocycles. The summed E-state index contributed by atoms with van der Waals surface area (Å²) in [5.41, 5.74) is 6.86. The van der Waals surface area contributed by atoms with E-state index in [1.165, 1.54) is 0 Å². The van der Waals surface area contributed by atoms with E-state index in [0.29, 0.717) is 12.0 Å². The highest BCUT2D eigenvalue weighted by atomic mass is 16.4. The second kappa shape index (κ2) is 6.15. The molecule has 0 aliphatic heterocycles. The topological polar surface area (TPSA) is 80.4 Å². The van der Waals surface area contributed by atoms with Gasteiger partial charge in [-0.05, 0) is 24.5 Å². The van der Waals surface area contributed by atoms with Crippen molar-refractivity contribution in [3.8, 4) is 0 Å². The van der Waals surface area contributed by atoms with Crippen LogP contribution in [0.15, 0.2) is 24.3 Å². The molecular formula is C13H17NO3. The number of ketones is 1. The molecule has 1 aromatic rings. The molecule has 0 saturated heterocycles. The summed E-state index contributed by atoms with van der Waals surface area (Å²) in [7, 11) is 0. The fourth-order valence-electron chi connectivity index (χ4n) is 1.58. The Morgan fingerprint density at radius 3 is 2.71 bits per heavy atom. The van der Waals surface area contributed by atoms with Crippen molar-refractivity contribution in [2.24, 2.45) is 5.73 Å².